The first kappa shape index (κ1) is 71.3. The molecule has 0 aliphatic carbocycles. The Morgan fingerprint density at radius 2 is 1.00 bits per heavy atom. The third-order valence-corrected chi connectivity index (χ3v) is 0. The van der Waals surface area contributed by atoms with Gasteiger partial charge < -0.3 is 0 Å². The van der Waals surface area contributed by atoms with Crippen molar-refractivity contribution in [1.82, 2.24) is 0 Å². The molecule has 0 aliphatic rings. The molecular weight excluding hydrogens is 909 g/mol. The molecule has 0 spiro atoms. The summed E-state index contributed by atoms with van der Waals surface area (Å²) in [7, 11) is 0. The summed E-state index contributed by atoms with van der Waals surface area (Å²) in [4.78, 5) is 0. The molecule has 0 aromatic carbocycles. The molecule has 0 saturated carbocycles. The monoisotopic (exact) mass is 907 g/mol. The quantitative estimate of drug-likeness (QED) is 0.269. The van der Waals surface area contributed by atoms with Crippen LogP contribution in [0, 0.1) is 0 Å². The van der Waals surface area contributed by atoms with Crippen LogP contribution in [0.3, 0.4) is 0 Å². The van der Waals surface area contributed by atoms with Crippen LogP contribution < -0.4 is 0 Å². The largest absolute Gasteiger partial charge is 0 e. The Morgan fingerprint density at radius 1 is 1.00 bits per heavy atom. The minimum atomic E-state index is 0. The molecule has 0 amide bonds. The van der Waals surface area contributed by atoms with Crippen LogP contribution in [0.15, 0.2) is 0 Å². The second kappa shape index (κ2) is 55.7. The van der Waals surface area contributed by atoms with Crippen molar-refractivity contribution in [3.63, 3.8) is 0 Å². The van der Waals surface area contributed by atoms with Crippen molar-refractivity contribution >= 4 is 25.8 Å². The Kier molecular flexibility index (Phi) is 496. The van der Waals surface area contributed by atoms with E-state index in [1.54, 1.807) is 0 Å². The average Bonchev–Trinajstić information content (AvgIpc) is 0. The van der Waals surface area contributed by atoms with E-state index < -0.39 is 0 Å². The molecule has 0 rings (SSSR count). The molecule has 0 fully saturated rings. The summed E-state index contributed by atoms with van der Waals surface area (Å²) in [5.41, 5.74) is 0. The fourth-order valence-corrected chi connectivity index (χ4v) is 0. The van der Waals surface area contributed by atoms with Gasteiger partial charge in [-0.2, -0.15) is 0 Å². The average molecular weight is 912 g/mol. The van der Waals surface area contributed by atoms with Crippen molar-refractivity contribution in [2.75, 3.05) is 0 Å². The number of hydrogen-bond acceptors (Lipinski definition) is 0. The second-order valence-electron chi connectivity index (χ2n) is 0. The van der Waals surface area contributed by atoms with Gasteiger partial charge in [0, 0.05) is 139 Å². The zero-order valence-corrected chi connectivity index (χ0v) is 14.9. The molecule has 0 heterocycles. The van der Waals surface area contributed by atoms with Crippen molar-refractivity contribution in [3.05, 3.63) is 0 Å². The van der Waals surface area contributed by atoms with Gasteiger partial charge in [-0.3, -0.25) is 0 Å². The van der Waals surface area contributed by atoms with E-state index in [4.69, 9.17) is 0 Å². The van der Waals surface area contributed by atoms with Gasteiger partial charge in [-0.15, -0.1) is 0 Å². The normalized spacial score (nSPS) is 0. The van der Waals surface area contributed by atoms with E-state index in [0.29, 0.717) is 0 Å². The Hall–Kier alpha value is 5.34. The van der Waals surface area contributed by atoms with Gasteiger partial charge in [0.15, 0.2) is 0 Å². The van der Waals surface area contributed by atoms with Crippen LogP contribution in [0.2, 0.25) is 0 Å². The van der Waals surface area contributed by atoms with E-state index >= 15 is 0 Å². The van der Waals surface area contributed by atoms with Gasteiger partial charge in [0.2, 0.25) is 0 Å². The third kappa shape index (κ3) is 42.5. The maximum Gasteiger partial charge on any atom is 0 e. The van der Waals surface area contributed by atoms with Gasteiger partial charge in [-0.1, -0.05) is 0 Å². The van der Waals surface area contributed by atoms with Crippen molar-refractivity contribution in [1.29, 1.82) is 0 Å². The number of rotatable bonds is 0. The standard InChI is InChI=1S/Ag.Au.Cu.In.Ni.Pd.Pt.Zn.3H. The predicted molar refractivity (Wildman–Crippen MR) is 9.94 cm³/mol. The van der Waals surface area contributed by atoms with Gasteiger partial charge in [0.05, 0.1) is 0 Å². The van der Waals surface area contributed by atoms with E-state index in [2.05, 4.69) is 0 Å². The van der Waals surface area contributed by atoms with Gasteiger partial charge in [-0.05, 0) is 0 Å². The minimum absolute atomic E-state index is 0. The zero-order valence-electron chi connectivity index (χ0n) is 2.56. The molecule has 0 aliphatic heterocycles. The van der Waals surface area contributed by atoms with Gasteiger partial charge in [0.25, 0.3) is 0 Å². The Labute approximate surface area is 161 Å². The van der Waals surface area contributed by atoms with E-state index in [1.807, 2.05) is 0 Å². The molecule has 8 heavy (non-hydrogen) atoms. The smallest absolute Gasteiger partial charge is 0 e. The summed E-state index contributed by atoms with van der Waals surface area (Å²) in [6, 6.07) is 0. The van der Waals surface area contributed by atoms with E-state index in [0.717, 1.165) is 0 Å². The topological polar surface area (TPSA) is 0 Å². The van der Waals surface area contributed by atoms with E-state index in [9.17, 15) is 0 Å². The Balaban J connectivity index is 0. The van der Waals surface area contributed by atoms with E-state index in [-0.39, 0.29) is 165 Å². The van der Waals surface area contributed by atoms with Crippen molar-refractivity contribution in [2.24, 2.45) is 0 Å². The SMILES string of the molecule is [Ag].[Au].[Cu].[InH3].[Ni].[Pd].[Pt].[Zn]. The summed E-state index contributed by atoms with van der Waals surface area (Å²) in [5, 5.41) is 0. The fraction of sp³-hybridized carbons (Fsp3) is 0. The summed E-state index contributed by atoms with van der Waals surface area (Å²) >= 11 is 0. The minimum Gasteiger partial charge on any atom is 0 e. The number of hydrogen-bond donors (Lipinski definition) is 0. The summed E-state index contributed by atoms with van der Waals surface area (Å²) in [5.74, 6) is 0. The first-order valence-electron chi connectivity index (χ1n) is 0. The molecular formula is H3AgAuCuInNiPdPtZn. The van der Waals surface area contributed by atoms with Crippen LogP contribution in [0.5, 0.6) is 0 Å². The molecule has 8 heteroatoms. The van der Waals surface area contributed by atoms with Gasteiger partial charge in [0.1, 0.15) is 0 Å². The molecule has 71 valence electrons. The molecule has 0 saturated heterocycles. The fourth-order valence-electron chi connectivity index (χ4n) is 0. The molecule has 0 unspecified atom stereocenters. The van der Waals surface area contributed by atoms with Crippen LogP contribution in [-0.2, 0) is 139 Å². The molecule has 0 nitrogen and oxygen atoms in total. The van der Waals surface area contributed by atoms with Crippen LogP contribution in [0.1, 0.15) is 0 Å². The predicted octanol–water partition coefficient (Wildman–Crippen LogP) is -1.20. The molecule has 0 bridgehead atoms. The maximum atomic E-state index is 0. The van der Waals surface area contributed by atoms with Crippen LogP contribution >= 0.6 is 0 Å². The van der Waals surface area contributed by atoms with Crippen molar-refractivity contribution in [2.45, 2.75) is 0 Å². The van der Waals surface area contributed by atoms with E-state index in [1.165, 1.54) is 0 Å². The van der Waals surface area contributed by atoms with Gasteiger partial charge >= 0.3 is 25.8 Å². The van der Waals surface area contributed by atoms with Crippen molar-refractivity contribution < 1.29 is 139 Å². The molecule has 0 atom stereocenters. The van der Waals surface area contributed by atoms with Crippen LogP contribution in [0.25, 0.3) is 0 Å². The first-order chi connectivity index (χ1) is 0. The zero-order chi connectivity index (χ0) is 0. The molecule has 0 aromatic rings. The summed E-state index contributed by atoms with van der Waals surface area (Å²) < 4.78 is 0. The summed E-state index contributed by atoms with van der Waals surface area (Å²) in [6.45, 7) is 0. The van der Waals surface area contributed by atoms with Gasteiger partial charge in [-0.25, -0.2) is 0 Å². The summed E-state index contributed by atoms with van der Waals surface area (Å²) in [6.07, 6.45) is 0. The molecule has 0 aromatic heterocycles. The third-order valence-electron chi connectivity index (χ3n) is 0. The molecule has 3 radical (unpaired) electrons. The van der Waals surface area contributed by atoms with Crippen molar-refractivity contribution in [3.8, 4) is 0 Å². The Bertz CT molecular complexity index is 24.0. The molecule has 0 N–H and O–H groups in total. The maximum absolute atomic E-state index is 0. The Morgan fingerprint density at radius 3 is 1.00 bits per heavy atom. The van der Waals surface area contributed by atoms with Crippen LogP contribution in [-0.4, -0.2) is 25.8 Å². The second-order valence-corrected chi connectivity index (χ2v) is 0. The first-order valence-corrected chi connectivity index (χ1v) is 0. The van der Waals surface area contributed by atoms with Crippen LogP contribution in [0.4, 0.5) is 0 Å².